The highest BCUT2D eigenvalue weighted by Crippen LogP contribution is 2.18. The molecule has 0 radical (unpaired) electrons. The van der Waals surface area contributed by atoms with Crippen molar-refractivity contribution in [3.05, 3.63) is 56.5 Å². The van der Waals surface area contributed by atoms with Crippen LogP contribution in [0.2, 0.25) is 5.28 Å². The van der Waals surface area contributed by atoms with Crippen molar-refractivity contribution >= 4 is 34.4 Å². The van der Waals surface area contributed by atoms with Gasteiger partial charge in [0.1, 0.15) is 6.54 Å². The Hall–Kier alpha value is -3.07. The molecule has 9 nitrogen and oxygen atoms in total. The summed E-state index contributed by atoms with van der Waals surface area (Å²) in [7, 11) is 2.91. The van der Waals surface area contributed by atoms with Gasteiger partial charge in [-0.15, -0.1) is 0 Å². The first-order chi connectivity index (χ1) is 13.9. The van der Waals surface area contributed by atoms with Gasteiger partial charge in [0.25, 0.3) is 5.56 Å². The Morgan fingerprint density at radius 3 is 2.34 bits per heavy atom. The van der Waals surface area contributed by atoms with Gasteiger partial charge in [0.15, 0.2) is 11.2 Å². The number of anilines is 1. The minimum atomic E-state index is -0.524. The quantitative estimate of drug-likeness (QED) is 0.578. The number of para-hydroxylation sites is 1. The normalized spacial score (nSPS) is 14.6. The van der Waals surface area contributed by atoms with Crippen molar-refractivity contribution < 1.29 is 4.79 Å². The van der Waals surface area contributed by atoms with Crippen molar-refractivity contribution in [1.29, 1.82) is 0 Å². The van der Waals surface area contributed by atoms with Crippen LogP contribution in [-0.4, -0.2) is 55.7 Å². The number of benzene rings is 1. The van der Waals surface area contributed by atoms with Gasteiger partial charge in [0.05, 0.1) is 0 Å². The van der Waals surface area contributed by atoms with Gasteiger partial charge in [0, 0.05) is 46.0 Å². The van der Waals surface area contributed by atoms with Crippen LogP contribution in [0, 0.1) is 0 Å². The van der Waals surface area contributed by atoms with E-state index in [2.05, 4.69) is 22.0 Å². The lowest BCUT2D eigenvalue weighted by Crippen LogP contribution is -2.49. The van der Waals surface area contributed by atoms with Gasteiger partial charge in [-0.1, -0.05) is 18.2 Å². The second-order valence-electron chi connectivity index (χ2n) is 7.05. The number of amides is 1. The predicted molar refractivity (Wildman–Crippen MR) is 110 cm³/mol. The Labute approximate surface area is 171 Å². The fourth-order valence-electron chi connectivity index (χ4n) is 3.65. The fourth-order valence-corrected chi connectivity index (χ4v) is 3.88. The molecule has 1 aliphatic rings. The van der Waals surface area contributed by atoms with E-state index in [4.69, 9.17) is 11.6 Å². The van der Waals surface area contributed by atoms with Crippen molar-refractivity contribution in [1.82, 2.24) is 23.6 Å². The van der Waals surface area contributed by atoms with Crippen LogP contribution in [0.5, 0.6) is 0 Å². The third kappa shape index (κ3) is 3.31. The van der Waals surface area contributed by atoms with E-state index in [1.54, 1.807) is 4.90 Å². The third-order valence-corrected chi connectivity index (χ3v) is 5.64. The highest BCUT2D eigenvalue weighted by Gasteiger charge is 2.24. The van der Waals surface area contributed by atoms with Gasteiger partial charge in [0.2, 0.25) is 11.2 Å². The monoisotopic (exact) mass is 416 g/mol. The first kappa shape index (κ1) is 19.3. The molecule has 3 aromatic rings. The van der Waals surface area contributed by atoms with Crippen molar-refractivity contribution in [2.75, 3.05) is 31.1 Å². The first-order valence-electron chi connectivity index (χ1n) is 9.28. The highest BCUT2D eigenvalue weighted by atomic mass is 35.5. The molecular weight excluding hydrogens is 396 g/mol. The summed E-state index contributed by atoms with van der Waals surface area (Å²) in [6.45, 7) is 2.51. The van der Waals surface area contributed by atoms with Crippen LogP contribution in [0.3, 0.4) is 0 Å². The van der Waals surface area contributed by atoms with E-state index in [0.29, 0.717) is 13.1 Å². The summed E-state index contributed by atoms with van der Waals surface area (Å²) >= 11 is 6.21. The highest BCUT2D eigenvalue weighted by molar-refractivity contribution is 6.29. The SMILES string of the molecule is Cn1c(=O)c2c(nc(Cl)n2CC(=O)N2CCN(c3ccccc3)CC2)n(C)c1=O. The van der Waals surface area contributed by atoms with E-state index >= 15 is 0 Å². The number of carbonyl (C=O) groups is 1. The van der Waals surface area contributed by atoms with Crippen LogP contribution in [-0.2, 0) is 25.4 Å². The maximum Gasteiger partial charge on any atom is 0.332 e. The second-order valence-corrected chi connectivity index (χ2v) is 7.39. The number of rotatable bonds is 3. The molecule has 0 spiro atoms. The molecule has 2 aromatic heterocycles. The molecule has 29 heavy (non-hydrogen) atoms. The smallest absolute Gasteiger partial charge is 0.332 e. The summed E-state index contributed by atoms with van der Waals surface area (Å²) < 4.78 is 3.62. The molecule has 3 heterocycles. The number of hydrogen-bond donors (Lipinski definition) is 0. The van der Waals surface area contributed by atoms with Crippen LogP contribution in [0.25, 0.3) is 11.2 Å². The van der Waals surface area contributed by atoms with Crippen LogP contribution >= 0.6 is 11.6 Å². The Morgan fingerprint density at radius 2 is 1.69 bits per heavy atom. The van der Waals surface area contributed by atoms with E-state index in [1.165, 1.54) is 23.2 Å². The summed E-state index contributed by atoms with van der Waals surface area (Å²) in [6, 6.07) is 10.1. The predicted octanol–water partition coefficient (Wildman–Crippen LogP) is 0.436. The number of aromatic nitrogens is 4. The lowest BCUT2D eigenvalue weighted by Gasteiger charge is -2.36. The van der Waals surface area contributed by atoms with E-state index in [9.17, 15) is 14.4 Å². The van der Waals surface area contributed by atoms with Gasteiger partial charge < -0.3 is 9.80 Å². The summed E-state index contributed by atoms with van der Waals surface area (Å²) in [5.74, 6) is -0.144. The largest absolute Gasteiger partial charge is 0.368 e. The lowest BCUT2D eigenvalue weighted by molar-refractivity contribution is -0.132. The molecule has 4 rings (SSSR count). The molecule has 0 N–H and O–H groups in total. The van der Waals surface area contributed by atoms with Gasteiger partial charge in [-0.25, -0.2) is 4.79 Å². The van der Waals surface area contributed by atoms with Crippen molar-refractivity contribution in [2.45, 2.75) is 6.54 Å². The number of nitrogens with zero attached hydrogens (tertiary/aromatic N) is 6. The number of carbonyl (C=O) groups excluding carboxylic acids is 1. The van der Waals surface area contributed by atoms with Crippen molar-refractivity contribution in [3.63, 3.8) is 0 Å². The van der Waals surface area contributed by atoms with Crippen LogP contribution in [0.15, 0.2) is 39.9 Å². The summed E-state index contributed by atoms with van der Waals surface area (Å²) in [5, 5.41) is 0.00886. The number of aryl methyl sites for hydroxylation is 1. The maximum absolute atomic E-state index is 12.9. The number of hydrogen-bond acceptors (Lipinski definition) is 5. The molecule has 0 unspecified atom stereocenters. The Bertz CT molecular complexity index is 1190. The molecule has 0 atom stereocenters. The minimum Gasteiger partial charge on any atom is -0.368 e. The first-order valence-corrected chi connectivity index (χ1v) is 9.66. The van der Waals surface area contributed by atoms with E-state index in [1.807, 2.05) is 18.2 Å². The number of imidazole rings is 1. The van der Waals surface area contributed by atoms with Crippen LogP contribution < -0.4 is 16.1 Å². The van der Waals surface area contributed by atoms with Gasteiger partial charge in [-0.05, 0) is 23.7 Å². The Kier molecular flexibility index (Phi) is 4.91. The lowest BCUT2D eigenvalue weighted by atomic mass is 10.2. The van der Waals surface area contributed by atoms with E-state index in [0.717, 1.165) is 23.3 Å². The zero-order valence-electron chi connectivity index (χ0n) is 16.2. The molecule has 0 bridgehead atoms. The third-order valence-electron chi connectivity index (χ3n) is 5.35. The molecule has 152 valence electrons. The van der Waals surface area contributed by atoms with Crippen molar-refractivity contribution in [2.24, 2.45) is 14.1 Å². The average molecular weight is 417 g/mol. The molecule has 10 heteroatoms. The van der Waals surface area contributed by atoms with E-state index < -0.39 is 11.2 Å². The zero-order chi connectivity index (χ0) is 20.7. The van der Waals surface area contributed by atoms with Gasteiger partial charge in [-0.2, -0.15) is 4.98 Å². The minimum absolute atomic E-state index is 0.00886. The summed E-state index contributed by atoms with van der Waals surface area (Å²) in [6.07, 6.45) is 0. The Balaban J connectivity index is 1.55. The summed E-state index contributed by atoms with van der Waals surface area (Å²) in [4.78, 5) is 45.7. The summed E-state index contributed by atoms with van der Waals surface area (Å²) in [5.41, 5.74) is 0.435. The Morgan fingerprint density at radius 1 is 1.03 bits per heavy atom. The molecule has 0 saturated carbocycles. The maximum atomic E-state index is 12.9. The molecule has 1 aliphatic heterocycles. The van der Waals surface area contributed by atoms with Crippen LogP contribution in [0.4, 0.5) is 5.69 Å². The van der Waals surface area contributed by atoms with E-state index in [-0.39, 0.29) is 28.9 Å². The molecule has 0 aliphatic carbocycles. The zero-order valence-corrected chi connectivity index (χ0v) is 17.0. The number of piperazine rings is 1. The number of halogens is 1. The molecule has 1 aromatic carbocycles. The molecule has 1 amide bonds. The molecule has 1 fully saturated rings. The van der Waals surface area contributed by atoms with Gasteiger partial charge in [-0.3, -0.25) is 23.3 Å². The van der Waals surface area contributed by atoms with Crippen LogP contribution in [0.1, 0.15) is 0 Å². The van der Waals surface area contributed by atoms with Gasteiger partial charge >= 0.3 is 5.69 Å². The molecular formula is C19H21ClN6O3. The average Bonchev–Trinajstić information content (AvgIpc) is 3.07. The topological polar surface area (TPSA) is 85.4 Å². The standard InChI is InChI=1S/C19H21ClN6O3/c1-22-16-15(17(28)23(2)19(22)29)26(18(20)21-16)12-14(27)25-10-8-24(9-11-25)13-6-4-3-5-7-13/h3-7H,8-12H2,1-2H3. The molecule has 1 saturated heterocycles. The fraction of sp³-hybridized carbons (Fsp3) is 0.368. The second kappa shape index (κ2) is 7.40. The number of fused-ring (bicyclic) bond motifs is 1. The van der Waals surface area contributed by atoms with Crippen molar-refractivity contribution in [3.8, 4) is 0 Å².